The average Bonchev–Trinajstić information content (AvgIpc) is 3.14. The summed E-state index contributed by atoms with van der Waals surface area (Å²) in [6.45, 7) is 6.11. The average molecular weight is 370 g/mol. The molecule has 0 saturated carbocycles. The Morgan fingerprint density at radius 2 is 1.67 bits per heavy atom. The number of nitrogens with zero attached hydrogens (tertiary/aromatic N) is 5. The smallest absolute Gasteiger partial charge is 0.320 e. The number of urea groups is 1. The van der Waals surface area contributed by atoms with Crippen LogP contribution in [0.1, 0.15) is 26.2 Å². The maximum absolute atomic E-state index is 12.6. The van der Waals surface area contributed by atoms with Gasteiger partial charge in [0.15, 0.2) is 4.34 Å². The maximum Gasteiger partial charge on any atom is 0.320 e. The van der Waals surface area contributed by atoms with Crippen molar-refractivity contribution in [2.45, 2.75) is 35.8 Å². The highest BCUT2D eigenvalue weighted by atomic mass is 32.2. The molecule has 132 valence electrons. The first-order chi connectivity index (χ1) is 11.6. The van der Waals surface area contributed by atoms with E-state index in [1.165, 1.54) is 29.5 Å². The van der Waals surface area contributed by atoms with Gasteiger partial charge in [0.2, 0.25) is 5.91 Å². The molecule has 24 heavy (non-hydrogen) atoms. The first-order valence-electron chi connectivity index (χ1n) is 8.40. The Morgan fingerprint density at radius 3 is 2.29 bits per heavy atom. The number of rotatable bonds is 3. The van der Waals surface area contributed by atoms with Crippen LogP contribution >= 0.6 is 23.1 Å². The quantitative estimate of drug-likeness (QED) is 0.760. The van der Waals surface area contributed by atoms with Gasteiger partial charge in [0.25, 0.3) is 0 Å². The first kappa shape index (κ1) is 17.5. The van der Waals surface area contributed by atoms with E-state index in [4.69, 9.17) is 0 Å². The Morgan fingerprint density at radius 1 is 1.04 bits per heavy atom. The Balaban J connectivity index is 1.47. The fourth-order valence-electron chi connectivity index (χ4n) is 3.08. The van der Waals surface area contributed by atoms with Crippen LogP contribution in [0, 0.1) is 0 Å². The Kier molecular flexibility index (Phi) is 5.94. The molecule has 9 heteroatoms. The lowest BCUT2D eigenvalue weighted by molar-refractivity contribution is -0.131. The van der Waals surface area contributed by atoms with E-state index in [0.29, 0.717) is 26.2 Å². The SMILES string of the molecule is C[C@@H](Sc1nncs1)C(=O)N1CCN(C(=O)N2CCCCC2)CC1. The van der Waals surface area contributed by atoms with E-state index in [1.54, 1.807) is 5.51 Å². The molecule has 0 aliphatic carbocycles. The summed E-state index contributed by atoms with van der Waals surface area (Å²) in [6, 6.07) is 0.137. The highest BCUT2D eigenvalue weighted by Crippen LogP contribution is 2.25. The van der Waals surface area contributed by atoms with E-state index >= 15 is 0 Å². The van der Waals surface area contributed by atoms with Crippen LogP contribution in [0.3, 0.4) is 0 Å². The van der Waals surface area contributed by atoms with Crippen molar-refractivity contribution in [2.75, 3.05) is 39.3 Å². The van der Waals surface area contributed by atoms with Crippen molar-refractivity contribution >= 4 is 35.0 Å². The lowest BCUT2D eigenvalue weighted by atomic mass is 10.1. The van der Waals surface area contributed by atoms with Crippen molar-refractivity contribution in [3.8, 4) is 0 Å². The largest absolute Gasteiger partial charge is 0.338 e. The summed E-state index contributed by atoms with van der Waals surface area (Å²) in [5.74, 6) is 0.111. The van der Waals surface area contributed by atoms with E-state index in [9.17, 15) is 9.59 Å². The standard InChI is InChI=1S/C15H23N5O2S2/c1-12(24-14-17-16-11-23-14)13(21)18-7-9-20(10-8-18)15(22)19-5-3-2-4-6-19/h11-12H,2-10H2,1H3/t12-/m1/s1. The van der Waals surface area contributed by atoms with Crippen LogP contribution in [0.15, 0.2) is 9.85 Å². The van der Waals surface area contributed by atoms with Crippen molar-refractivity contribution in [1.82, 2.24) is 24.9 Å². The summed E-state index contributed by atoms with van der Waals surface area (Å²) in [5.41, 5.74) is 1.67. The second-order valence-corrected chi connectivity index (χ2v) is 8.53. The van der Waals surface area contributed by atoms with Gasteiger partial charge in [-0.05, 0) is 26.2 Å². The molecule has 3 rings (SSSR count). The molecular formula is C15H23N5O2S2. The molecule has 0 radical (unpaired) electrons. The van der Waals surface area contributed by atoms with Crippen molar-refractivity contribution < 1.29 is 9.59 Å². The number of amides is 3. The minimum absolute atomic E-state index is 0.111. The van der Waals surface area contributed by atoms with Gasteiger partial charge in [0, 0.05) is 39.3 Å². The number of aromatic nitrogens is 2. The maximum atomic E-state index is 12.6. The summed E-state index contributed by atoms with van der Waals surface area (Å²) in [4.78, 5) is 30.8. The normalized spacial score (nSPS) is 20.1. The van der Waals surface area contributed by atoms with Gasteiger partial charge in [-0.15, -0.1) is 10.2 Å². The van der Waals surface area contributed by atoms with Gasteiger partial charge in [0.1, 0.15) is 5.51 Å². The monoisotopic (exact) mass is 369 g/mol. The fraction of sp³-hybridized carbons (Fsp3) is 0.733. The minimum Gasteiger partial charge on any atom is -0.338 e. The van der Waals surface area contributed by atoms with Crippen LogP contribution in [0.5, 0.6) is 0 Å². The highest BCUT2D eigenvalue weighted by molar-refractivity contribution is 8.02. The molecule has 0 spiro atoms. The number of piperidine rings is 1. The number of likely N-dealkylation sites (tertiary alicyclic amines) is 1. The number of carbonyl (C=O) groups is 2. The highest BCUT2D eigenvalue weighted by Gasteiger charge is 2.30. The molecule has 2 fully saturated rings. The molecule has 2 saturated heterocycles. The molecule has 1 aromatic rings. The molecule has 3 amide bonds. The van der Waals surface area contributed by atoms with Gasteiger partial charge in [-0.1, -0.05) is 23.1 Å². The van der Waals surface area contributed by atoms with Crippen molar-refractivity contribution in [2.24, 2.45) is 0 Å². The van der Waals surface area contributed by atoms with Crippen LogP contribution in [0.4, 0.5) is 4.79 Å². The molecule has 2 aliphatic rings. The van der Waals surface area contributed by atoms with Gasteiger partial charge in [0.05, 0.1) is 5.25 Å². The molecule has 1 aromatic heterocycles. The number of carbonyl (C=O) groups excluding carboxylic acids is 2. The Labute approximate surface area is 150 Å². The number of hydrogen-bond donors (Lipinski definition) is 0. The number of hydrogen-bond acceptors (Lipinski definition) is 6. The molecule has 0 aromatic carbocycles. The van der Waals surface area contributed by atoms with E-state index in [2.05, 4.69) is 10.2 Å². The van der Waals surface area contributed by atoms with Gasteiger partial charge in [-0.2, -0.15) is 0 Å². The van der Waals surface area contributed by atoms with Crippen LogP contribution in [-0.4, -0.2) is 81.4 Å². The third kappa shape index (κ3) is 4.18. The van der Waals surface area contributed by atoms with Gasteiger partial charge >= 0.3 is 6.03 Å². The zero-order valence-electron chi connectivity index (χ0n) is 13.9. The Bertz CT molecular complexity index is 554. The van der Waals surface area contributed by atoms with Crippen LogP contribution in [-0.2, 0) is 4.79 Å². The van der Waals surface area contributed by atoms with Crippen molar-refractivity contribution in [1.29, 1.82) is 0 Å². The lowest BCUT2D eigenvalue weighted by Crippen LogP contribution is -2.55. The molecule has 0 N–H and O–H groups in total. The van der Waals surface area contributed by atoms with Crippen molar-refractivity contribution in [3.63, 3.8) is 0 Å². The van der Waals surface area contributed by atoms with Gasteiger partial charge in [-0.3, -0.25) is 4.79 Å². The zero-order chi connectivity index (χ0) is 16.9. The third-order valence-corrected chi connectivity index (χ3v) is 6.35. The molecular weight excluding hydrogens is 346 g/mol. The predicted octanol–water partition coefficient (Wildman–Crippen LogP) is 1.77. The second kappa shape index (κ2) is 8.15. The summed E-state index contributed by atoms with van der Waals surface area (Å²) >= 11 is 2.89. The summed E-state index contributed by atoms with van der Waals surface area (Å²) < 4.78 is 0.815. The van der Waals surface area contributed by atoms with E-state index in [-0.39, 0.29) is 17.2 Å². The summed E-state index contributed by atoms with van der Waals surface area (Å²) in [6.07, 6.45) is 3.42. The van der Waals surface area contributed by atoms with E-state index < -0.39 is 0 Å². The van der Waals surface area contributed by atoms with E-state index in [1.807, 2.05) is 21.6 Å². The Hall–Kier alpha value is -1.35. The molecule has 2 aliphatic heterocycles. The third-order valence-electron chi connectivity index (χ3n) is 4.45. The lowest BCUT2D eigenvalue weighted by Gasteiger charge is -2.39. The first-order valence-corrected chi connectivity index (χ1v) is 10.2. The molecule has 0 bridgehead atoms. The zero-order valence-corrected chi connectivity index (χ0v) is 15.5. The molecule has 7 nitrogen and oxygen atoms in total. The van der Waals surface area contributed by atoms with Crippen molar-refractivity contribution in [3.05, 3.63) is 5.51 Å². The van der Waals surface area contributed by atoms with Crippen LogP contribution in [0.25, 0.3) is 0 Å². The molecule has 1 atom stereocenters. The second-order valence-electron chi connectivity index (χ2n) is 6.11. The van der Waals surface area contributed by atoms with Crippen LogP contribution in [0.2, 0.25) is 0 Å². The van der Waals surface area contributed by atoms with Gasteiger partial charge in [-0.25, -0.2) is 4.79 Å². The van der Waals surface area contributed by atoms with Gasteiger partial charge < -0.3 is 14.7 Å². The topological polar surface area (TPSA) is 69.6 Å². The fourth-order valence-corrected chi connectivity index (χ4v) is 4.79. The molecule has 3 heterocycles. The number of thioether (sulfide) groups is 1. The van der Waals surface area contributed by atoms with E-state index in [0.717, 1.165) is 30.3 Å². The summed E-state index contributed by atoms with van der Waals surface area (Å²) in [5, 5.41) is 7.59. The molecule has 0 unspecified atom stereocenters. The summed E-state index contributed by atoms with van der Waals surface area (Å²) in [7, 11) is 0. The predicted molar refractivity (Wildman–Crippen MR) is 94.2 cm³/mol. The number of piperazine rings is 1. The van der Waals surface area contributed by atoms with Crippen LogP contribution < -0.4 is 0 Å². The minimum atomic E-state index is -0.178.